The number of hydrogen-bond acceptors (Lipinski definition) is 4. The van der Waals surface area contributed by atoms with E-state index in [9.17, 15) is 13.2 Å². The minimum Gasteiger partial charge on any atom is -0.497 e. The van der Waals surface area contributed by atoms with Gasteiger partial charge in [-0.3, -0.25) is 9.10 Å². The summed E-state index contributed by atoms with van der Waals surface area (Å²) in [6, 6.07) is 12.4. The van der Waals surface area contributed by atoms with Crippen LogP contribution in [0.1, 0.15) is 25.0 Å². The van der Waals surface area contributed by atoms with Gasteiger partial charge in [0.2, 0.25) is 15.9 Å². The van der Waals surface area contributed by atoms with Gasteiger partial charge in [0.15, 0.2) is 0 Å². The molecule has 0 bridgehead atoms. The maximum Gasteiger partial charge on any atom is 0.245 e. The second-order valence-corrected chi connectivity index (χ2v) is 8.08. The molecule has 146 valence electrons. The number of hydrogen-bond donors (Lipinski definition) is 1. The normalized spacial score (nSPS) is 11.1. The van der Waals surface area contributed by atoms with Crippen molar-refractivity contribution >= 4 is 27.3 Å². The zero-order valence-electron chi connectivity index (χ0n) is 16.2. The van der Waals surface area contributed by atoms with Crippen molar-refractivity contribution in [2.75, 3.05) is 29.5 Å². The third-order valence-electron chi connectivity index (χ3n) is 4.31. The Labute approximate surface area is 161 Å². The quantitative estimate of drug-likeness (QED) is 0.751. The first-order chi connectivity index (χ1) is 12.8. The summed E-state index contributed by atoms with van der Waals surface area (Å²) in [6.07, 6.45) is 2.64. The number of sulfonamides is 1. The zero-order valence-corrected chi connectivity index (χ0v) is 17.0. The van der Waals surface area contributed by atoms with Gasteiger partial charge in [-0.1, -0.05) is 32.0 Å². The van der Waals surface area contributed by atoms with E-state index >= 15 is 0 Å². The highest BCUT2D eigenvalue weighted by molar-refractivity contribution is 7.92. The molecule has 27 heavy (non-hydrogen) atoms. The smallest absolute Gasteiger partial charge is 0.245 e. The maximum absolute atomic E-state index is 12.7. The Morgan fingerprint density at radius 3 is 2.04 bits per heavy atom. The lowest BCUT2D eigenvalue weighted by Crippen LogP contribution is -2.37. The molecule has 0 aromatic heterocycles. The molecule has 7 heteroatoms. The van der Waals surface area contributed by atoms with Crippen LogP contribution in [0.3, 0.4) is 0 Å². The first-order valence-electron chi connectivity index (χ1n) is 8.82. The Morgan fingerprint density at radius 2 is 1.59 bits per heavy atom. The Hall–Kier alpha value is -2.54. The number of carbonyl (C=O) groups excluding carboxylic acids is 1. The molecule has 2 aromatic carbocycles. The fraction of sp³-hybridized carbons (Fsp3) is 0.350. The SMILES string of the molecule is CCc1cccc(CC)c1NC(=O)CN(c1ccc(OC)cc1)S(C)(=O)=O. The number of rotatable bonds is 8. The lowest BCUT2D eigenvalue weighted by Gasteiger charge is -2.23. The largest absolute Gasteiger partial charge is 0.497 e. The average molecular weight is 391 g/mol. The number of ether oxygens (including phenoxy) is 1. The van der Waals surface area contributed by atoms with Crippen LogP contribution in [0.5, 0.6) is 5.75 Å². The van der Waals surface area contributed by atoms with Crippen LogP contribution >= 0.6 is 0 Å². The average Bonchev–Trinajstić information content (AvgIpc) is 2.65. The first-order valence-corrected chi connectivity index (χ1v) is 10.7. The summed E-state index contributed by atoms with van der Waals surface area (Å²) < 4.78 is 30.7. The van der Waals surface area contributed by atoms with Crippen molar-refractivity contribution < 1.29 is 17.9 Å². The monoisotopic (exact) mass is 390 g/mol. The van der Waals surface area contributed by atoms with E-state index in [1.807, 2.05) is 32.0 Å². The lowest BCUT2D eigenvalue weighted by molar-refractivity contribution is -0.114. The van der Waals surface area contributed by atoms with Gasteiger partial charge in [0.25, 0.3) is 0 Å². The summed E-state index contributed by atoms with van der Waals surface area (Å²) >= 11 is 0. The molecule has 0 atom stereocenters. The van der Waals surface area contributed by atoms with Gasteiger partial charge in [-0.2, -0.15) is 0 Å². The number of aryl methyl sites for hydroxylation is 2. The van der Waals surface area contributed by atoms with Crippen LogP contribution in [0.15, 0.2) is 42.5 Å². The third-order valence-corrected chi connectivity index (χ3v) is 5.45. The summed E-state index contributed by atoms with van der Waals surface area (Å²) in [6.45, 7) is 3.74. The Kier molecular flexibility index (Phi) is 6.85. The molecule has 0 radical (unpaired) electrons. The van der Waals surface area contributed by atoms with E-state index in [0.717, 1.165) is 40.2 Å². The van der Waals surface area contributed by atoms with Crippen molar-refractivity contribution in [3.8, 4) is 5.75 Å². The molecule has 0 saturated carbocycles. The van der Waals surface area contributed by atoms with Gasteiger partial charge in [-0.05, 0) is 48.2 Å². The van der Waals surface area contributed by atoms with Gasteiger partial charge in [-0.25, -0.2) is 8.42 Å². The number of nitrogens with zero attached hydrogens (tertiary/aromatic N) is 1. The Balaban J connectivity index is 2.27. The fourth-order valence-corrected chi connectivity index (χ4v) is 3.72. The number of nitrogens with one attached hydrogen (secondary N) is 1. The number of carbonyl (C=O) groups is 1. The van der Waals surface area contributed by atoms with Crippen molar-refractivity contribution in [1.29, 1.82) is 0 Å². The van der Waals surface area contributed by atoms with E-state index in [4.69, 9.17) is 4.74 Å². The van der Waals surface area contributed by atoms with Crippen molar-refractivity contribution in [3.05, 3.63) is 53.6 Å². The molecule has 0 aliphatic rings. The summed E-state index contributed by atoms with van der Waals surface area (Å²) in [4.78, 5) is 12.7. The van der Waals surface area contributed by atoms with Gasteiger partial charge in [0, 0.05) is 5.69 Å². The summed E-state index contributed by atoms with van der Waals surface area (Å²) in [7, 11) is -2.09. The number of methoxy groups -OCH3 is 1. The van der Waals surface area contributed by atoms with E-state index in [0.29, 0.717) is 11.4 Å². The van der Waals surface area contributed by atoms with E-state index in [-0.39, 0.29) is 12.5 Å². The van der Waals surface area contributed by atoms with Crippen molar-refractivity contribution in [2.45, 2.75) is 26.7 Å². The maximum atomic E-state index is 12.7. The van der Waals surface area contributed by atoms with Crippen molar-refractivity contribution in [1.82, 2.24) is 0 Å². The molecule has 1 amide bonds. The van der Waals surface area contributed by atoms with Crippen LogP contribution < -0.4 is 14.4 Å². The van der Waals surface area contributed by atoms with Gasteiger partial charge >= 0.3 is 0 Å². The standard InChI is InChI=1S/C20H26N2O4S/c1-5-15-8-7-9-16(6-2)20(15)21-19(23)14-22(27(4,24)25)17-10-12-18(26-3)13-11-17/h7-13H,5-6,14H2,1-4H3,(H,21,23). The molecule has 0 spiro atoms. The summed E-state index contributed by atoms with van der Waals surface area (Å²) in [5.74, 6) is 0.230. The fourth-order valence-electron chi connectivity index (χ4n) is 2.86. The number of amides is 1. The molecule has 2 aromatic rings. The molecule has 0 unspecified atom stereocenters. The molecule has 6 nitrogen and oxygen atoms in total. The van der Waals surface area contributed by atoms with Crippen LogP contribution in [0.4, 0.5) is 11.4 Å². The molecular formula is C20H26N2O4S. The first kappa shape index (κ1) is 20.8. The van der Waals surface area contributed by atoms with E-state index in [1.165, 1.54) is 7.11 Å². The van der Waals surface area contributed by atoms with Crippen molar-refractivity contribution in [3.63, 3.8) is 0 Å². The Bertz CT molecular complexity index is 870. The molecular weight excluding hydrogens is 364 g/mol. The lowest BCUT2D eigenvalue weighted by atomic mass is 10.0. The molecule has 0 saturated heterocycles. The summed E-state index contributed by atoms with van der Waals surface area (Å²) in [5, 5.41) is 2.91. The van der Waals surface area contributed by atoms with Crippen molar-refractivity contribution in [2.24, 2.45) is 0 Å². The second-order valence-electron chi connectivity index (χ2n) is 6.17. The number of para-hydroxylation sites is 1. The van der Waals surface area contributed by atoms with Crippen LogP contribution in [0.25, 0.3) is 0 Å². The van der Waals surface area contributed by atoms with Gasteiger partial charge < -0.3 is 10.1 Å². The molecule has 1 N–H and O–H groups in total. The molecule has 2 rings (SSSR count). The van der Waals surface area contributed by atoms with Gasteiger partial charge in [0.1, 0.15) is 12.3 Å². The molecule has 0 fully saturated rings. The molecule has 0 heterocycles. The minimum atomic E-state index is -3.62. The van der Waals surface area contributed by atoms with Gasteiger partial charge in [0.05, 0.1) is 19.1 Å². The highest BCUT2D eigenvalue weighted by Crippen LogP contribution is 2.24. The molecule has 0 aliphatic heterocycles. The highest BCUT2D eigenvalue weighted by Gasteiger charge is 2.22. The number of anilines is 2. The van der Waals surface area contributed by atoms with Gasteiger partial charge in [-0.15, -0.1) is 0 Å². The molecule has 0 aliphatic carbocycles. The number of benzene rings is 2. The summed E-state index contributed by atoms with van der Waals surface area (Å²) in [5.41, 5.74) is 3.24. The zero-order chi connectivity index (χ0) is 20.0. The predicted octanol–water partition coefficient (Wildman–Crippen LogP) is 3.22. The van der Waals surface area contributed by atoms with Crippen LogP contribution in [0, 0.1) is 0 Å². The topological polar surface area (TPSA) is 75.7 Å². The van der Waals surface area contributed by atoms with E-state index in [1.54, 1.807) is 24.3 Å². The van der Waals surface area contributed by atoms with Crippen LogP contribution in [-0.4, -0.2) is 34.2 Å². The minimum absolute atomic E-state index is 0.299. The van der Waals surface area contributed by atoms with E-state index < -0.39 is 10.0 Å². The second kappa shape index (κ2) is 8.90. The highest BCUT2D eigenvalue weighted by atomic mass is 32.2. The predicted molar refractivity (Wildman–Crippen MR) is 109 cm³/mol. The van der Waals surface area contributed by atoms with Crippen LogP contribution in [0.2, 0.25) is 0 Å². The van der Waals surface area contributed by atoms with Crippen LogP contribution in [-0.2, 0) is 27.7 Å². The Morgan fingerprint density at radius 1 is 1.04 bits per heavy atom. The van der Waals surface area contributed by atoms with E-state index in [2.05, 4.69) is 5.32 Å². The third kappa shape index (κ3) is 5.23.